The molecule has 15 heteroatoms. The monoisotopic (exact) mass is 693 g/mol. The molecular weight excluding hydrogens is 648 g/mol. The molecule has 3 aliphatic heterocycles. The van der Waals surface area contributed by atoms with Crippen molar-refractivity contribution < 1.29 is 72.8 Å². The Labute approximate surface area is 282 Å². The summed E-state index contributed by atoms with van der Waals surface area (Å²) < 4.78 is 35.5. The number of ether oxygens (including phenoxy) is 5. The van der Waals surface area contributed by atoms with E-state index >= 15 is 0 Å². The number of cyclic esters (lactones) is 1. The van der Waals surface area contributed by atoms with Crippen molar-refractivity contribution in [3.63, 3.8) is 0 Å². The lowest BCUT2D eigenvalue weighted by molar-refractivity contribution is -0.329. The van der Waals surface area contributed by atoms with E-state index in [1.807, 2.05) is 6.92 Å². The van der Waals surface area contributed by atoms with Gasteiger partial charge in [0.25, 0.3) is 0 Å². The second-order valence-electron chi connectivity index (χ2n) is 15.5. The predicted octanol–water partition coefficient (Wildman–Crippen LogP) is -0.300. The number of aliphatic hydroxyl groups is 4. The average molecular weight is 694 g/mol. The van der Waals surface area contributed by atoms with Crippen LogP contribution >= 0.6 is 0 Å². The van der Waals surface area contributed by atoms with Gasteiger partial charge in [0.2, 0.25) is 0 Å². The van der Waals surface area contributed by atoms with E-state index in [-0.39, 0.29) is 31.5 Å². The zero-order valence-electron chi connectivity index (χ0n) is 28.3. The Hall–Kier alpha value is -2.92. The number of furan rings is 1. The first-order chi connectivity index (χ1) is 22.8. The summed E-state index contributed by atoms with van der Waals surface area (Å²) in [6.45, 7) is 9.15. The number of aliphatic carboxylic acids is 1. The SMILES string of the molecule is CC(=O)O[C@H]1CC(=O)OC(C)(C)[C@@H]2CC(=O)[C@]3(C)[C@H](CC[C@@](C)([C@@H](O[C@@H]4O[C@H](CO)[C@@H](O)[C@H](O)[C@H]4O)c4ccoc4)[C@@]34O[C@@H]4C(=O)[O-])[C@@]12C. The first-order valence-corrected chi connectivity index (χ1v) is 16.6. The predicted molar refractivity (Wildman–Crippen MR) is 159 cm³/mol. The zero-order chi connectivity index (χ0) is 36.1. The Morgan fingerprint density at radius 2 is 1.73 bits per heavy atom. The summed E-state index contributed by atoms with van der Waals surface area (Å²) >= 11 is 0. The van der Waals surface area contributed by atoms with Crippen LogP contribution in [0.2, 0.25) is 0 Å². The number of hydrogen-bond donors (Lipinski definition) is 4. The second-order valence-corrected chi connectivity index (χ2v) is 15.5. The number of carbonyl (C=O) groups excluding carboxylic acids is 4. The molecule has 0 amide bonds. The second kappa shape index (κ2) is 11.8. The van der Waals surface area contributed by atoms with Crippen molar-refractivity contribution in [2.75, 3.05) is 6.61 Å². The third-order valence-electron chi connectivity index (χ3n) is 12.7. The number of aliphatic hydroxyl groups excluding tert-OH is 4. The number of rotatable bonds is 7. The molecule has 272 valence electrons. The summed E-state index contributed by atoms with van der Waals surface area (Å²) in [5, 5.41) is 54.5. The molecule has 14 atom stereocenters. The number of hydrogen-bond acceptors (Lipinski definition) is 15. The van der Waals surface area contributed by atoms with Gasteiger partial charge in [-0.3, -0.25) is 14.4 Å². The summed E-state index contributed by atoms with van der Waals surface area (Å²) in [7, 11) is 0. The Balaban J connectivity index is 1.51. The van der Waals surface area contributed by atoms with Crippen molar-refractivity contribution in [1.82, 2.24) is 0 Å². The molecule has 4 heterocycles. The van der Waals surface area contributed by atoms with Gasteiger partial charge in [0.15, 0.2) is 6.29 Å². The normalized spacial score (nSPS) is 46.5. The summed E-state index contributed by atoms with van der Waals surface area (Å²) in [5.41, 5.74) is -6.70. The summed E-state index contributed by atoms with van der Waals surface area (Å²) in [6.07, 6.45) is -9.31. The van der Waals surface area contributed by atoms with Crippen LogP contribution in [0, 0.1) is 28.1 Å². The smallest absolute Gasteiger partial charge is 0.310 e. The van der Waals surface area contributed by atoms with Gasteiger partial charge in [-0.2, -0.15) is 0 Å². The first-order valence-electron chi connectivity index (χ1n) is 16.6. The Bertz CT molecular complexity index is 1490. The minimum Gasteiger partial charge on any atom is -0.547 e. The minimum absolute atomic E-state index is 0.141. The lowest BCUT2D eigenvalue weighted by Crippen LogP contribution is -2.72. The number of carbonyl (C=O) groups is 4. The highest BCUT2D eigenvalue weighted by atomic mass is 16.7. The maximum absolute atomic E-state index is 14.8. The Kier molecular flexibility index (Phi) is 8.66. The molecule has 5 fully saturated rings. The number of esters is 2. The molecule has 2 aliphatic carbocycles. The summed E-state index contributed by atoms with van der Waals surface area (Å²) in [6, 6.07) is 1.56. The van der Waals surface area contributed by atoms with Crippen LogP contribution in [0.25, 0.3) is 0 Å². The Morgan fingerprint density at radius 3 is 2.31 bits per heavy atom. The summed E-state index contributed by atoms with van der Waals surface area (Å²) in [4.78, 5) is 53.2. The van der Waals surface area contributed by atoms with E-state index in [4.69, 9.17) is 28.1 Å². The molecule has 49 heavy (non-hydrogen) atoms. The van der Waals surface area contributed by atoms with Gasteiger partial charge < -0.3 is 58.4 Å². The van der Waals surface area contributed by atoms with E-state index in [1.165, 1.54) is 19.5 Å². The molecule has 0 unspecified atom stereocenters. The molecule has 1 aromatic rings. The average Bonchev–Trinajstić information content (AvgIpc) is 3.60. The maximum Gasteiger partial charge on any atom is 0.310 e. The van der Waals surface area contributed by atoms with Crippen LogP contribution in [0.4, 0.5) is 0 Å². The van der Waals surface area contributed by atoms with E-state index in [0.29, 0.717) is 5.56 Å². The van der Waals surface area contributed by atoms with Crippen LogP contribution in [-0.4, -0.2) is 105 Å². The fourth-order valence-electron chi connectivity index (χ4n) is 10.4. The number of epoxide rings is 1. The van der Waals surface area contributed by atoms with Crippen LogP contribution < -0.4 is 5.11 Å². The number of fused-ring (bicyclic) bond motifs is 4. The fraction of sp³-hybridized carbons (Fsp3) is 0.765. The van der Waals surface area contributed by atoms with E-state index < -0.39 is 113 Å². The quantitative estimate of drug-likeness (QED) is 0.212. The van der Waals surface area contributed by atoms with Crippen molar-refractivity contribution >= 4 is 23.7 Å². The number of Topliss-reactive ketones (excluding diaryl/α,β-unsaturated/α-hetero) is 1. The van der Waals surface area contributed by atoms with Crippen molar-refractivity contribution in [2.24, 2.45) is 28.1 Å². The van der Waals surface area contributed by atoms with Gasteiger partial charge in [-0.15, -0.1) is 0 Å². The van der Waals surface area contributed by atoms with Crippen LogP contribution in [0.15, 0.2) is 23.0 Å². The van der Waals surface area contributed by atoms with Crippen LogP contribution in [-0.2, 0) is 42.9 Å². The molecule has 1 aromatic heterocycles. The molecule has 0 radical (unpaired) electrons. The molecule has 1 spiro atoms. The highest BCUT2D eigenvalue weighted by Crippen LogP contribution is 2.77. The Morgan fingerprint density at radius 1 is 1.04 bits per heavy atom. The zero-order valence-corrected chi connectivity index (χ0v) is 28.3. The maximum atomic E-state index is 14.8. The van der Waals surface area contributed by atoms with E-state index in [9.17, 15) is 44.7 Å². The van der Waals surface area contributed by atoms with Gasteiger partial charge >= 0.3 is 11.9 Å². The van der Waals surface area contributed by atoms with Crippen molar-refractivity contribution in [3.8, 4) is 0 Å². The van der Waals surface area contributed by atoms with E-state index in [2.05, 4.69) is 0 Å². The van der Waals surface area contributed by atoms with Crippen molar-refractivity contribution in [3.05, 3.63) is 24.2 Å². The topological polar surface area (TPSA) is 235 Å². The molecule has 0 bridgehead atoms. The third-order valence-corrected chi connectivity index (χ3v) is 12.7. The van der Waals surface area contributed by atoms with Gasteiger partial charge in [-0.25, -0.2) is 0 Å². The van der Waals surface area contributed by atoms with Crippen LogP contribution in [0.3, 0.4) is 0 Å². The van der Waals surface area contributed by atoms with Crippen LogP contribution in [0.5, 0.6) is 0 Å². The first kappa shape index (κ1) is 35.9. The molecule has 2 saturated carbocycles. The lowest BCUT2D eigenvalue weighted by Gasteiger charge is -2.65. The number of carboxylic acid groups (broad SMARTS) is 1. The van der Waals surface area contributed by atoms with Gasteiger partial charge in [-0.1, -0.05) is 13.8 Å². The van der Waals surface area contributed by atoms with Crippen LogP contribution in [0.1, 0.15) is 78.9 Å². The minimum atomic E-state index is -1.81. The highest BCUT2D eigenvalue weighted by Gasteiger charge is 2.85. The largest absolute Gasteiger partial charge is 0.547 e. The summed E-state index contributed by atoms with van der Waals surface area (Å²) in [5.74, 6) is -4.48. The van der Waals surface area contributed by atoms with E-state index in [1.54, 1.807) is 33.8 Å². The van der Waals surface area contributed by atoms with Crippen molar-refractivity contribution in [2.45, 2.75) is 127 Å². The van der Waals surface area contributed by atoms with Gasteiger partial charge in [0.05, 0.1) is 43.0 Å². The van der Waals surface area contributed by atoms with Gasteiger partial charge in [0.1, 0.15) is 53.6 Å². The third kappa shape index (κ3) is 4.94. The molecule has 3 saturated heterocycles. The fourth-order valence-corrected chi connectivity index (χ4v) is 10.4. The highest BCUT2D eigenvalue weighted by molar-refractivity contribution is 5.92. The molecule has 6 rings (SSSR count). The van der Waals surface area contributed by atoms with Crippen molar-refractivity contribution in [1.29, 1.82) is 0 Å². The molecule has 0 aromatic carbocycles. The molecular formula is C34H45O15-. The number of ketones is 1. The van der Waals surface area contributed by atoms with E-state index in [0.717, 1.165) is 0 Å². The van der Waals surface area contributed by atoms with Gasteiger partial charge in [0, 0.05) is 35.7 Å². The number of carboxylic acids is 1. The molecule has 15 nitrogen and oxygen atoms in total. The lowest BCUT2D eigenvalue weighted by atomic mass is 9.37. The molecule has 4 N–H and O–H groups in total. The molecule has 5 aliphatic rings. The standard InChI is InChI=1S/C34H46O15/c1-15(36)45-21-12-22(38)48-30(2,3)19-11-20(37)33(6)18(32(19,21)5)7-9-31(4,34(33)27(49-34)28(42)43)26(16-8-10-44-14-16)47-29-25(41)24(40)23(39)17(13-35)46-29/h8,10,14,17-19,21,23-27,29,35,39-41H,7,9,11-13H2,1-6H3,(H,42,43)/p-1/t17-,18-,19+,21+,23-,24+,25-,26+,27-,29+,31+,32-,33+,34-/m1/s1. The van der Waals surface area contributed by atoms with Gasteiger partial charge in [-0.05, 0) is 45.6 Å².